The second-order valence-corrected chi connectivity index (χ2v) is 10.5. The third kappa shape index (κ3) is 4.70. The second-order valence-electron chi connectivity index (χ2n) is 9.44. The van der Waals surface area contributed by atoms with E-state index < -0.39 is 0 Å². The maximum absolute atomic E-state index is 13.4. The number of ether oxygens (including phenoxy) is 1. The summed E-state index contributed by atoms with van der Waals surface area (Å²) in [7, 11) is 0. The highest BCUT2D eigenvalue weighted by atomic mass is 32.1. The molecule has 3 heterocycles. The van der Waals surface area contributed by atoms with E-state index in [0.29, 0.717) is 21.9 Å². The lowest BCUT2D eigenvalue weighted by molar-refractivity contribution is 0.363. The van der Waals surface area contributed by atoms with Gasteiger partial charge >= 0.3 is 0 Å². The molecule has 0 aliphatic carbocycles. The Morgan fingerprint density at radius 1 is 0.854 bits per heavy atom. The van der Waals surface area contributed by atoms with Crippen LogP contribution in [0.15, 0.2) is 121 Å². The van der Waals surface area contributed by atoms with E-state index >= 15 is 0 Å². The first-order valence-corrected chi connectivity index (χ1v) is 13.9. The van der Waals surface area contributed by atoms with Crippen molar-refractivity contribution in [1.82, 2.24) is 24.4 Å². The average molecular weight is 554 g/mol. The minimum atomic E-state index is -0.216. The standard InChI is InChI=1S/C33H23N5O2S/c1-2-18-40-28-16-14-23(15-17-28)31-34-33-38(36-31)32(39)29(41-33)20-26-21-37(27-10-4-3-5-11-27)35-30(26)25-13-12-22-8-6-7-9-24(22)19-25/h2-17,19-21H,1,18H2. The van der Waals surface area contributed by atoms with Crippen LogP contribution in [0.3, 0.4) is 0 Å². The third-order valence-corrected chi connectivity index (χ3v) is 7.69. The van der Waals surface area contributed by atoms with Gasteiger partial charge in [-0.1, -0.05) is 78.6 Å². The zero-order chi connectivity index (χ0) is 27.8. The first-order chi connectivity index (χ1) is 20.2. The molecule has 0 aliphatic rings. The number of nitrogens with zero attached hydrogens (tertiary/aromatic N) is 5. The zero-order valence-corrected chi connectivity index (χ0v) is 22.7. The minimum absolute atomic E-state index is 0.216. The quantitative estimate of drug-likeness (QED) is 0.229. The van der Waals surface area contributed by atoms with E-state index in [0.717, 1.165) is 44.6 Å². The average Bonchev–Trinajstić information content (AvgIpc) is 3.71. The number of para-hydroxylation sites is 1. The Labute approximate surface area is 238 Å². The molecule has 3 aromatic heterocycles. The van der Waals surface area contributed by atoms with Crippen molar-refractivity contribution in [3.8, 4) is 34.1 Å². The maximum atomic E-state index is 13.4. The van der Waals surface area contributed by atoms with Gasteiger partial charge in [-0.3, -0.25) is 4.79 Å². The van der Waals surface area contributed by atoms with E-state index in [9.17, 15) is 4.79 Å². The van der Waals surface area contributed by atoms with Gasteiger partial charge < -0.3 is 4.74 Å². The molecule has 0 fully saturated rings. The van der Waals surface area contributed by atoms with Crippen molar-refractivity contribution in [2.75, 3.05) is 6.61 Å². The normalized spacial score (nSPS) is 11.9. The van der Waals surface area contributed by atoms with Gasteiger partial charge in [0.15, 0.2) is 5.82 Å². The molecule has 198 valence electrons. The van der Waals surface area contributed by atoms with Gasteiger partial charge in [0.2, 0.25) is 4.96 Å². The van der Waals surface area contributed by atoms with Crippen molar-refractivity contribution >= 4 is 33.1 Å². The number of hydrogen-bond donors (Lipinski definition) is 0. The molecule has 8 heteroatoms. The van der Waals surface area contributed by atoms with Crippen LogP contribution in [-0.2, 0) is 0 Å². The molecule has 0 atom stereocenters. The SMILES string of the molecule is C=CCOc1ccc(-c2nc3sc(=Cc4cn(-c5ccccc5)nc4-c4ccc5ccccc5c4)c(=O)n3n2)cc1. The van der Waals surface area contributed by atoms with Gasteiger partial charge in [0.1, 0.15) is 18.1 Å². The molecule has 41 heavy (non-hydrogen) atoms. The molecule has 0 bridgehead atoms. The maximum Gasteiger partial charge on any atom is 0.291 e. The van der Waals surface area contributed by atoms with Crippen molar-refractivity contribution in [2.24, 2.45) is 0 Å². The van der Waals surface area contributed by atoms with Gasteiger partial charge in [0, 0.05) is 22.9 Å². The lowest BCUT2D eigenvalue weighted by Crippen LogP contribution is -2.23. The predicted molar refractivity (Wildman–Crippen MR) is 164 cm³/mol. The van der Waals surface area contributed by atoms with Crippen LogP contribution in [-0.4, -0.2) is 31.0 Å². The summed E-state index contributed by atoms with van der Waals surface area (Å²) in [6.45, 7) is 4.10. The van der Waals surface area contributed by atoms with E-state index in [1.807, 2.05) is 83.7 Å². The fraction of sp³-hybridized carbons (Fsp3) is 0.0303. The summed E-state index contributed by atoms with van der Waals surface area (Å²) in [6.07, 6.45) is 5.53. The summed E-state index contributed by atoms with van der Waals surface area (Å²) in [6, 6.07) is 31.9. The van der Waals surface area contributed by atoms with Crippen molar-refractivity contribution < 1.29 is 4.74 Å². The Balaban J connectivity index is 1.31. The molecule has 0 saturated heterocycles. The van der Waals surface area contributed by atoms with Crippen molar-refractivity contribution in [3.05, 3.63) is 136 Å². The summed E-state index contributed by atoms with van der Waals surface area (Å²) < 4.78 is 9.30. The van der Waals surface area contributed by atoms with Crippen LogP contribution < -0.4 is 14.8 Å². The van der Waals surface area contributed by atoms with Crippen LogP contribution in [0, 0.1) is 0 Å². The van der Waals surface area contributed by atoms with Gasteiger partial charge in [-0.15, -0.1) is 5.10 Å². The molecular weight excluding hydrogens is 530 g/mol. The van der Waals surface area contributed by atoms with Crippen LogP contribution in [0.2, 0.25) is 0 Å². The number of hydrogen-bond acceptors (Lipinski definition) is 6. The molecule has 7 aromatic rings. The lowest BCUT2D eigenvalue weighted by atomic mass is 10.0. The molecule has 7 rings (SSSR count). The largest absolute Gasteiger partial charge is 0.490 e. The smallest absolute Gasteiger partial charge is 0.291 e. The number of rotatable bonds is 7. The Morgan fingerprint density at radius 3 is 2.39 bits per heavy atom. The zero-order valence-electron chi connectivity index (χ0n) is 21.8. The molecule has 0 aliphatic heterocycles. The number of aromatic nitrogens is 5. The van der Waals surface area contributed by atoms with Gasteiger partial charge in [-0.25, -0.2) is 4.68 Å². The summed E-state index contributed by atoms with van der Waals surface area (Å²) in [5, 5.41) is 11.7. The first kappa shape index (κ1) is 24.7. The van der Waals surface area contributed by atoms with Crippen LogP contribution in [0.5, 0.6) is 5.75 Å². The molecule has 0 saturated carbocycles. The Hall–Kier alpha value is -5.34. The number of fused-ring (bicyclic) bond motifs is 2. The Bertz CT molecular complexity index is 2140. The second kappa shape index (κ2) is 10.3. The fourth-order valence-corrected chi connectivity index (χ4v) is 5.62. The van der Waals surface area contributed by atoms with Crippen LogP contribution >= 0.6 is 11.3 Å². The van der Waals surface area contributed by atoms with E-state index in [4.69, 9.17) is 9.84 Å². The summed E-state index contributed by atoms with van der Waals surface area (Å²) >= 11 is 1.31. The highest BCUT2D eigenvalue weighted by molar-refractivity contribution is 7.15. The monoisotopic (exact) mass is 553 g/mol. The molecular formula is C33H23N5O2S. The van der Waals surface area contributed by atoms with Crippen LogP contribution in [0.4, 0.5) is 0 Å². The molecule has 0 amide bonds. The number of thiazole rings is 1. The van der Waals surface area contributed by atoms with Crippen molar-refractivity contribution in [2.45, 2.75) is 0 Å². The van der Waals surface area contributed by atoms with Gasteiger partial charge in [0.25, 0.3) is 5.56 Å². The van der Waals surface area contributed by atoms with Gasteiger partial charge in [-0.05, 0) is 59.3 Å². The molecule has 0 unspecified atom stereocenters. The molecule has 0 N–H and O–H groups in total. The first-order valence-electron chi connectivity index (χ1n) is 13.1. The molecule has 7 nitrogen and oxygen atoms in total. The van der Waals surface area contributed by atoms with Crippen LogP contribution in [0.25, 0.3) is 50.1 Å². The molecule has 0 radical (unpaired) electrons. The third-order valence-electron chi connectivity index (χ3n) is 6.73. The van der Waals surface area contributed by atoms with Gasteiger partial charge in [0.05, 0.1) is 10.2 Å². The predicted octanol–water partition coefficient (Wildman–Crippen LogP) is 5.94. The molecule has 4 aromatic carbocycles. The van der Waals surface area contributed by atoms with Crippen molar-refractivity contribution in [1.29, 1.82) is 0 Å². The van der Waals surface area contributed by atoms with E-state index in [1.165, 1.54) is 15.9 Å². The van der Waals surface area contributed by atoms with Crippen LogP contribution in [0.1, 0.15) is 5.56 Å². The number of benzene rings is 4. The minimum Gasteiger partial charge on any atom is -0.490 e. The van der Waals surface area contributed by atoms with Gasteiger partial charge in [-0.2, -0.15) is 14.6 Å². The van der Waals surface area contributed by atoms with Crippen molar-refractivity contribution in [3.63, 3.8) is 0 Å². The molecule has 0 spiro atoms. The summed E-state index contributed by atoms with van der Waals surface area (Å²) in [4.78, 5) is 18.6. The van der Waals surface area contributed by atoms with E-state index in [-0.39, 0.29) is 5.56 Å². The topological polar surface area (TPSA) is 74.3 Å². The van der Waals surface area contributed by atoms with E-state index in [1.54, 1.807) is 6.08 Å². The lowest BCUT2D eigenvalue weighted by Gasteiger charge is -2.03. The highest BCUT2D eigenvalue weighted by Gasteiger charge is 2.15. The summed E-state index contributed by atoms with van der Waals surface area (Å²) in [5.74, 6) is 1.22. The highest BCUT2D eigenvalue weighted by Crippen LogP contribution is 2.28. The Kier molecular flexibility index (Phi) is 6.22. The summed E-state index contributed by atoms with van der Waals surface area (Å²) in [5.41, 5.74) is 4.12. The fourth-order valence-electron chi connectivity index (χ4n) is 4.72. The van der Waals surface area contributed by atoms with E-state index in [2.05, 4.69) is 47.0 Å². The Morgan fingerprint density at radius 2 is 1.61 bits per heavy atom.